The standard InChI is InChI=1S/C11H17Br2NO/c1-4-5-11(2,3)14-7-8-6-9(12)10(13)15-8/h6,14H,4-5,7H2,1-3H3. The van der Waals surface area contributed by atoms with Crippen molar-refractivity contribution in [1.29, 1.82) is 0 Å². The summed E-state index contributed by atoms with van der Waals surface area (Å²) in [4.78, 5) is 0. The average Bonchev–Trinajstić information content (AvgIpc) is 2.44. The molecule has 1 rings (SSSR count). The van der Waals surface area contributed by atoms with E-state index in [2.05, 4.69) is 57.9 Å². The van der Waals surface area contributed by atoms with Crippen LogP contribution in [0.3, 0.4) is 0 Å². The van der Waals surface area contributed by atoms with Crippen LogP contribution in [-0.2, 0) is 6.54 Å². The molecule has 0 aliphatic rings. The van der Waals surface area contributed by atoms with E-state index >= 15 is 0 Å². The highest BCUT2D eigenvalue weighted by Gasteiger charge is 2.16. The summed E-state index contributed by atoms with van der Waals surface area (Å²) in [5, 5.41) is 3.48. The molecule has 1 aromatic rings. The molecule has 0 aliphatic heterocycles. The van der Waals surface area contributed by atoms with Gasteiger partial charge in [-0.15, -0.1) is 0 Å². The van der Waals surface area contributed by atoms with Gasteiger partial charge in [-0.3, -0.25) is 0 Å². The molecule has 0 amide bonds. The first-order valence-corrected chi connectivity index (χ1v) is 6.72. The summed E-state index contributed by atoms with van der Waals surface area (Å²) in [6, 6.07) is 1.99. The van der Waals surface area contributed by atoms with Crippen LogP contribution in [0.5, 0.6) is 0 Å². The summed E-state index contributed by atoms with van der Waals surface area (Å²) >= 11 is 6.72. The van der Waals surface area contributed by atoms with Gasteiger partial charge in [0.2, 0.25) is 0 Å². The molecule has 86 valence electrons. The molecule has 0 aromatic carbocycles. The Kier molecular flexibility index (Phi) is 4.87. The second-order valence-electron chi connectivity index (χ2n) is 4.32. The van der Waals surface area contributed by atoms with Crippen molar-refractivity contribution < 1.29 is 4.42 Å². The van der Waals surface area contributed by atoms with Gasteiger partial charge >= 0.3 is 0 Å². The summed E-state index contributed by atoms with van der Waals surface area (Å²) < 4.78 is 7.22. The summed E-state index contributed by atoms with van der Waals surface area (Å²) in [5.41, 5.74) is 0.167. The number of nitrogens with one attached hydrogen (secondary N) is 1. The molecule has 0 spiro atoms. The molecule has 4 heteroatoms. The Morgan fingerprint density at radius 2 is 2.07 bits per heavy atom. The van der Waals surface area contributed by atoms with E-state index in [1.165, 1.54) is 6.42 Å². The smallest absolute Gasteiger partial charge is 0.183 e. The maximum absolute atomic E-state index is 5.50. The third-order valence-corrected chi connectivity index (χ3v) is 4.02. The highest BCUT2D eigenvalue weighted by atomic mass is 79.9. The van der Waals surface area contributed by atoms with Gasteiger partial charge in [-0.1, -0.05) is 13.3 Å². The zero-order valence-corrected chi connectivity index (χ0v) is 12.5. The van der Waals surface area contributed by atoms with Gasteiger partial charge in [0.1, 0.15) is 5.76 Å². The number of hydrogen-bond donors (Lipinski definition) is 1. The molecule has 0 aliphatic carbocycles. The van der Waals surface area contributed by atoms with Crippen molar-refractivity contribution >= 4 is 31.9 Å². The van der Waals surface area contributed by atoms with Crippen molar-refractivity contribution in [2.75, 3.05) is 0 Å². The highest BCUT2D eigenvalue weighted by Crippen LogP contribution is 2.27. The highest BCUT2D eigenvalue weighted by molar-refractivity contribution is 9.13. The third-order valence-electron chi connectivity index (χ3n) is 2.31. The van der Waals surface area contributed by atoms with Gasteiger partial charge < -0.3 is 9.73 Å². The number of furan rings is 1. The fraction of sp³-hybridized carbons (Fsp3) is 0.636. The Morgan fingerprint density at radius 3 is 2.53 bits per heavy atom. The Balaban J connectivity index is 2.49. The van der Waals surface area contributed by atoms with Gasteiger partial charge in [0.25, 0.3) is 0 Å². The van der Waals surface area contributed by atoms with Crippen molar-refractivity contribution in [1.82, 2.24) is 5.32 Å². The van der Waals surface area contributed by atoms with Crippen LogP contribution in [0.2, 0.25) is 0 Å². The van der Waals surface area contributed by atoms with E-state index in [9.17, 15) is 0 Å². The van der Waals surface area contributed by atoms with Crippen LogP contribution in [0.25, 0.3) is 0 Å². The summed E-state index contributed by atoms with van der Waals surface area (Å²) in [6.45, 7) is 7.38. The molecular weight excluding hydrogens is 322 g/mol. The quantitative estimate of drug-likeness (QED) is 0.856. The van der Waals surface area contributed by atoms with E-state index in [1.54, 1.807) is 0 Å². The topological polar surface area (TPSA) is 25.2 Å². The van der Waals surface area contributed by atoms with E-state index < -0.39 is 0 Å². The lowest BCUT2D eigenvalue weighted by atomic mass is 9.99. The number of halogens is 2. The van der Waals surface area contributed by atoms with Gasteiger partial charge in [-0.05, 0) is 58.2 Å². The Labute approximate surface area is 108 Å². The third kappa shape index (κ3) is 4.29. The van der Waals surface area contributed by atoms with E-state index in [0.29, 0.717) is 0 Å². The Bertz CT molecular complexity index is 301. The molecule has 0 bridgehead atoms. The first-order chi connectivity index (χ1) is 6.94. The van der Waals surface area contributed by atoms with E-state index in [0.717, 1.165) is 27.9 Å². The Morgan fingerprint density at radius 1 is 1.40 bits per heavy atom. The van der Waals surface area contributed by atoms with E-state index in [4.69, 9.17) is 4.42 Å². The van der Waals surface area contributed by atoms with Crippen LogP contribution in [0, 0.1) is 0 Å². The molecule has 1 heterocycles. The summed E-state index contributed by atoms with van der Waals surface area (Å²) in [5.74, 6) is 0.943. The lowest BCUT2D eigenvalue weighted by Crippen LogP contribution is -2.38. The van der Waals surface area contributed by atoms with Crippen LogP contribution >= 0.6 is 31.9 Å². The van der Waals surface area contributed by atoms with Crippen molar-refractivity contribution in [3.05, 3.63) is 21.0 Å². The van der Waals surface area contributed by atoms with Gasteiger partial charge in [-0.25, -0.2) is 0 Å². The predicted octanol–water partition coefficient (Wildman–Crippen LogP) is 4.47. The van der Waals surface area contributed by atoms with Crippen LogP contribution in [0.1, 0.15) is 39.4 Å². The van der Waals surface area contributed by atoms with Gasteiger partial charge in [-0.2, -0.15) is 0 Å². The maximum atomic E-state index is 5.50. The fourth-order valence-corrected chi connectivity index (χ4v) is 2.18. The maximum Gasteiger partial charge on any atom is 0.183 e. The lowest BCUT2D eigenvalue weighted by molar-refractivity contribution is 0.335. The van der Waals surface area contributed by atoms with Gasteiger partial charge in [0, 0.05) is 5.54 Å². The molecule has 2 nitrogen and oxygen atoms in total. The van der Waals surface area contributed by atoms with Gasteiger partial charge in [0.05, 0.1) is 11.0 Å². The Hall–Kier alpha value is 0.200. The summed E-state index contributed by atoms with van der Waals surface area (Å²) in [6.07, 6.45) is 2.35. The van der Waals surface area contributed by atoms with E-state index in [1.807, 2.05) is 6.07 Å². The minimum atomic E-state index is 0.167. The molecule has 0 unspecified atom stereocenters. The van der Waals surface area contributed by atoms with Crippen LogP contribution in [0.15, 0.2) is 19.6 Å². The van der Waals surface area contributed by atoms with Crippen LogP contribution in [-0.4, -0.2) is 5.54 Å². The predicted molar refractivity (Wildman–Crippen MR) is 69.9 cm³/mol. The molecule has 0 saturated heterocycles. The normalized spacial score (nSPS) is 12.1. The van der Waals surface area contributed by atoms with Crippen molar-refractivity contribution in [3.63, 3.8) is 0 Å². The molecule has 1 N–H and O–H groups in total. The van der Waals surface area contributed by atoms with Crippen molar-refractivity contribution in [3.8, 4) is 0 Å². The molecule has 0 radical (unpaired) electrons. The minimum absolute atomic E-state index is 0.167. The molecule has 0 fully saturated rings. The number of rotatable bonds is 5. The first-order valence-electron chi connectivity index (χ1n) is 5.13. The lowest BCUT2D eigenvalue weighted by Gasteiger charge is -2.25. The molecule has 15 heavy (non-hydrogen) atoms. The zero-order chi connectivity index (χ0) is 11.5. The molecule has 0 atom stereocenters. The monoisotopic (exact) mass is 337 g/mol. The van der Waals surface area contributed by atoms with Gasteiger partial charge in [0.15, 0.2) is 4.67 Å². The van der Waals surface area contributed by atoms with Crippen molar-refractivity contribution in [2.45, 2.75) is 45.7 Å². The minimum Gasteiger partial charge on any atom is -0.452 e. The fourth-order valence-electron chi connectivity index (χ4n) is 1.52. The molecule has 0 saturated carbocycles. The second kappa shape index (κ2) is 5.51. The SMILES string of the molecule is CCCC(C)(C)NCc1cc(Br)c(Br)o1. The summed E-state index contributed by atoms with van der Waals surface area (Å²) in [7, 11) is 0. The van der Waals surface area contributed by atoms with Crippen molar-refractivity contribution in [2.24, 2.45) is 0 Å². The number of hydrogen-bond acceptors (Lipinski definition) is 2. The molecular formula is C11H17Br2NO. The van der Waals surface area contributed by atoms with Crippen LogP contribution in [0.4, 0.5) is 0 Å². The molecule has 1 aromatic heterocycles. The first kappa shape index (κ1) is 13.3. The zero-order valence-electron chi connectivity index (χ0n) is 9.36. The largest absolute Gasteiger partial charge is 0.452 e. The average molecular weight is 339 g/mol. The second-order valence-corrected chi connectivity index (χ2v) is 5.90. The van der Waals surface area contributed by atoms with E-state index in [-0.39, 0.29) is 5.54 Å². The van der Waals surface area contributed by atoms with Crippen LogP contribution < -0.4 is 5.32 Å².